The van der Waals surface area contributed by atoms with Crippen LogP contribution in [-0.4, -0.2) is 53.7 Å². The first-order valence-electron chi connectivity index (χ1n) is 5.60. The first-order valence-corrected chi connectivity index (χ1v) is 5.60. The van der Waals surface area contributed by atoms with Crippen LogP contribution in [0.4, 0.5) is 13.2 Å². The van der Waals surface area contributed by atoms with Crippen molar-refractivity contribution < 1.29 is 27.9 Å². The molecule has 0 bridgehead atoms. The smallest absolute Gasteiger partial charge is 0.406 e. The van der Waals surface area contributed by atoms with Crippen LogP contribution >= 0.6 is 0 Å². The van der Waals surface area contributed by atoms with Crippen molar-refractivity contribution >= 4 is 11.9 Å². The second-order valence-electron chi connectivity index (χ2n) is 4.21. The highest BCUT2D eigenvalue weighted by Crippen LogP contribution is 2.18. The van der Waals surface area contributed by atoms with Crippen molar-refractivity contribution in [2.75, 3.05) is 19.6 Å². The number of nitrogens with one attached hydrogen (secondary N) is 1. The number of carboxylic acid groups (broad SMARTS) is 1. The van der Waals surface area contributed by atoms with Crippen molar-refractivity contribution in [1.29, 1.82) is 0 Å². The number of rotatable bonds is 4. The molecular formula is C10H15F3N2O3. The standard InChI is InChI=1S/C10H15F3N2O3/c11-10(12,13)6-15(5-8(16)17)9(18)7-3-1-2-4-14-7/h7,14H,1-6H2,(H,16,17)/t7-/m0/s1. The van der Waals surface area contributed by atoms with Gasteiger partial charge in [-0.15, -0.1) is 0 Å². The summed E-state index contributed by atoms with van der Waals surface area (Å²) in [6.45, 7) is -1.91. The van der Waals surface area contributed by atoms with Gasteiger partial charge in [0.2, 0.25) is 5.91 Å². The van der Waals surface area contributed by atoms with E-state index in [4.69, 9.17) is 5.11 Å². The van der Waals surface area contributed by atoms with Crippen LogP contribution in [0.5, 0.6) is 0 Å². The molecule has 0 unspecified atom stereocenters. The van der Waals surface area contributed by atoms with Gasteiger partial charge in [-0.05, 0) is 19.4 Å². The van der Waals surface area contributed by atoms with Crippen LogP contribution in [0.15, 0.2) is 0 Å². The van der Waals surface area contributed by atoms with Crippen LogP contribution in [0.1, 0.15) is 19.3 Å². The Labute approximate surface area is 102 Å². The van der Waals surface area contributed by atoms with Crippen molar-refractivity contribution in [3.05, 3.63) is 0 Å². The summed E-state index contributed by atoms with van der Waals surface area (Å²) in [5.74, 6) is -2.25. The predicted molar refractivity (Wildman–Crippen MR) is 55.9 cm³/mol. The Morgan fingerprint density at radius 2 is 2.00 bits per heavy atom. The molecule has 0 saturated carbocycles. The lowest BCUT2D eigenvalue weighted by Crippen LogP contribution is -2.52. The molecule has 1 saturated heterocycles. The Hall–Kier alpha value is -1.31. The molecule has 0 aromatic carbocycles. The molecule has 1 aliphatic heterocycles. The van der Waals surface area contributed by atoms with Gasteiger partial charge in [-0.25, -0.2) is 0 Å². The molecule has 0 radical (unpaired) electrons. The van der Waals surface area contributed by atoms with E-state index in [1.54, 1.807) is 0 Å². The highest BCUT2D eigenvalue weighted by molar-refractivity contribution is 5.85. The summed E-state index contributed by atoms with van der Waals surface area (Å²) in [5.41, 5.74) is 0. The summed E-state index contributed by atoms with van der Waals surface area (Å²) in [6, 6.07) is -0.708. The third-order valence-corrected chi connectivity index (χ3v) is 2.62. The fourth-order valence-electron chi connectivity index (χ4n) is 1.87. The first-order chi connectivity index (χ1) is 8.29. The highest BCUT2D eigenvalue weighted by Gasteiger charge is 2.36. The van der Waals surface area contributed by atoms with Gasteiger partial charge in [0, 0.05) is 0 Å². The van der Waals surface area contributed by atoms with E-state index < -0.39 is 37.2 Å². The molecule has 0 aromatic rings. The van der Waals surface area contributed by atoms with Crippen molar-refractivity contribution in [3.63, 3.8) is 0 Å². The Kier molecular flexibility index (Phi) is 4.94. The molecule has 2 N–H and O–H groups in total. The number of hydrogen-bond donors (Lipinski definition) is 2. The average molecular weight is 268 g/mol. The second-order valence-corrected chi connectivity index (χ2v) is 4.21. The number of carboxylic acids is 1. The van der Waals surface area contributed by atoms with Gasteiger partial charge >= 0.3 is 12.1 Å². The van der Waals surface area contributed by atoms with E-state index >= 15 is 0 Å². The molecule has 104 valence electrons. The topological polar surface area (TPSA) is 69.6 Å². The molecular weight excluding hydrogens is 253 g/mol. The largest absolute Gasteiger partial charge is 0.480 e. The Balaban J connectivity index is 2.68. The molecule has 0 aliphatic carbocycles. The third-order valence-electron chi connectivity index (χ3n) is 2.62. The maximum absolute atomic E-state index is 12.3. The van der Waals surface area contributed by atoms with Crippen LogP contribution in [-0.2, 0) is 9.59 Å². The molecule has 1 aliphatic rings. The minimum atomic E-state index is -4.60. The normalized spacial score (nSPS) is 20.5. The summed E-state index contributed by atoms with van der Waals surface area (Å²) >= 11 is 0. The Morgan fingerprint density at radius 3 is 2.44 bits per heavy atom. The zero-order chi connectivity index (χ0) is 13.8. The minimum Gasteiger partial charge on any atom is -0.480 e. The molecule has 1 heterocycles. The summed E-state index contributed by atoms with van der Waals surface area (Å²) < 4.78 is 36.8. The number of piperidine rings is 1. The summed E-state index contributed by atoms with van der Waals surface area (Å²) in [7, 11) is 0. The average Bonchev–Trinajstić information content (AvgIpc) is 2.26. The van der Waals surface area contributed by atoms with Crippen LogP contribution in [0.25, 0.3) is 0 Å². The number of alkyl halides is 3. The SMILES string of the molecule is O=C(O)CN(CC(F)(F)F)C(=O)[C@@H]1CCCCN1. The van der Waals surface area contributed by atoms with Crippen LogP contribution in [0, 0.1) is 0 Å². The lowest BCUT2D eigenvalue weighted by molar-refractivity contribution is -0.167. The van der Waals surface area contributed by atoms with Gasteiger partial charge in [-0.2, -0.15) is 13.2 Å². The number of halogens is 3. The molecule has 0 spiro atoms. The molecule has 8 heteroatoms. The van der Waals surface area contributed by atoms with Gasteiger partial charge in [0.1, 0.15) is 13.1 Å². The van der Waals surface area contributed by atoms with Crippen molar-refractivity contribution in [2.45, 2.75) is 31.5 Å². The number of aliphatic carboxylic acids is 1. The number of nitrogens with zero attached hydrogens (tertiary/aromatic N) is 1. The van der Waals surface area contributed by atoms with Gasteiger partial charge in [-0.3, -0.25) is 9.59 Å². The molecule has 1 atom stereocenters. The van der Waals surface area contributed by atoms with Gasteiger partial charge in [0.25, 0.3) is 0 Å². The van der Waals surface area contributed by atoms with Crippen LogP contribution in [0.3, 0.4) is 0 Å². The van der Waals surface area contributed by atoms with Crippen molar-refractivity contribution in [2.24, 2.45) is 0 Å². The highest BCUT2D eigenvalue weighted by atomic mass is 19.4. The van der Waals surface area contributed by atoms with E-state index in [9.17, 15) is 22.8 Å². The summed E-state index contributed by atoms with van der Waals surface area (Å²) in [5, 5.41) is 11.4. The van der Waals surface area contributed by atoms with Gasteiger partial charge in [0.15, 0.2) is 0 Å². The lowest BCUT2D eigenvalue weighted by atomic mass is 10.0. The van der Waals surface area contributed by atoms with E-state index in [1.807, 2.05) is 0 Å². The fraction of sp³-hybridized carbons (Fsp3) is 0.800. The number of carbonyl (C=O) groups excluding carboxylic acids is 1. The second kappa shape index (κ2) is 6.03. The minimum absolute atomic E-state index is 0.339. The first kappa shape index (κ1) is 14.7. The zero-order valence-corrected chi connectivity index (χ0v) is 9.66. The molecule has 0 aromatic heterocycles. The van der Waals surface area contributed by atoms with Gasteiger partial charge in [-0.1, -0.05) is 6.42 Å². The van der Waals surface area contributed by atoms with Crippen molar-refractivity contribution in [3.8, 4) is 0 Å². The van der Waals surface area contributed by atoms with Gasteiger partial charge < -0.3 is 15.3 Å². The van der Waals surface area contributed by atoms with E-state index in [-0.39, 0.29) is 0 Å². The van der Waals surface area contributed by atoms with Gasteiger partial charge in [0.05, 0.1) is 6.04 Å². The predicted octanol–water partition coefficient (Wildman–Crippen LogP) is 0.604. The zero-order valence-electron chi connectivity index (χ0n) is 9.66. The quantitative estimate of drug-likeness (QED) is 0.783. The maximum atomic E-state index is 12.3. The van der Waals surface area contributed by atoms with Crippen LogP contribution in [0.2, 0.25) is 0 Å². The monoisotopic (exact) mass is 268 g/mol. The Morgan fingerprint density at radius 1 is 1.33 bits per heavy atom. The number of amides is 1. The van der Waals surface area contributed by atoms with E-state index in [2.05, 4.69) is 5.32 Å². The van der Waals surface area contributed by atoms with E-state index in [0.717, 1.165) is 12.8 Å². The molecule has 1 rings (SSSR count). The van der Waals surface area contributed by atoms with E-state index in [1.165, 1.54) is 0 Å². The number of carbonyl (C=O) groups is 2. The fourth-order valence-corrected chi connectivity index (χ4v) is 1.87. The van der Waals surface area contributed by atoms with Crippen LogP contribution < -0.4 is 5.32 Å². The lowest BCUT2D eigenvalue weighted by Gasteiger charge is -2.29. The maximum Gasteiger partial charge on any atom is 0.406 e. The van der Waals surface area contributed by atoms with E-state index in [0.29, 0.717) is 17.9 Å². The molecule has 18 heavy (non-hydrogen) atoms. The number of hydrogen-bond acceptors (Lipinski definition) is 3. The summed E-state index contributed by atoms with van der Waals surface area (Å²) in [4.78, 5) is 22.7. The van der Waals surface area contributed by atoms with Crippen molar-refractivity contribution in [1.82, 2.24) is 10.2 Å². The molecule has 1 fully saturated rings. The Bertz CT molecular complexity index is 314. The third kappa shape index (κ3) is 4.91. The molecule has 1 amide bonds. The molecule has 5 nitrogen and oxygen atoms in total. The summed E-state index contributed by atoms with van der Waals surface area (Å²) in [6.07, 6.45) is -2.55.